The fourth-order valence-corrected chi connectivity index (χ4v) is 9.97. The first-order valence-corrected chi connectivity index (χ1v) is 26.7. The Hall–Kier alpha value is -3.70. The Morgan fingerprint density at radius 2 is 1.13 bits per heavy atom. The molecule has 2 fully saturated rings. The first-order valence-electron chi connectivity index (χ1n) is 22.1. The van der Waals surface area contributed by atoms with Crippen molar-refractivity contribution in [1.82, 2.24) is 9.97 Å². The van der Waals surface area contributed by atoms with Crippen LogP contribution in [0.15, 0.2) is 95.8 Å². The molecule has 0 unspecified atom stereocenters. The molecule has 3 aliphatic rings. The highest BCUT2D eigenvalue weighted by atomic mass is 32.1. The topological polar surface area (TPSA) is 87.6 Å². The minimum absolute atomic E-state index is 0.0202. The first kappa shape index (κ1) is 48.3. The summed E-state index contributed by atoms with van der Waals surface area (Å²) in [5.41, 5.74) is -0.171. The summed E-state index contributed by atoms with van der Waals surface area (Å²) in [5.74, 6) is 1.13. The molecule has 0 N–H and O–H groups in total. The number of ether oxygens (including phenoxy) is 2. The lowest BCUT2D eigenvalue weighted by molar-refractivity contribution is -0.0420. The Balaban J connectivity index is 1.38. The largest absolute Gasteiger partial charge is 0.457 e. The van der Waals surface area contributed by atoms with Crippen LogP contribution in [0.3, 0.4) is 0 Å². The Kier molecular flexibility index (Phi) is 16.4. The second-order valence-corrected chi connectivity index (χ2v) is 26.2. The summed E-state index contributed by atoms with van der Waals surface area (Å²) in [6.45, 7) is 26.1. The number of hydrogen-bond donors (Lipinski definition) is 0. The SMILES string of the molecule is C/C=C/[C@H](O[Si](C)(C)C(C)(C)C)C(C)(C)[C@@H]1C/C=C\[C@H]2C[C@H]2/C=C/C=C\c2nc(cs2)C(=O)O[C@H](C(C)(C)[C@@H](C)/C=C/C)C/C=C\[C@H]2C[C@H]2/C=C/C=C\c2nc(cs2)C(=O)O1. The Morgan fingerprint density at radius 1 is 0.689 bits per heavy atom. The van der Waals surface area contributed by atoms with Gasteiger partial charge in [0.2, 0.25) is 0 Å². The van der Waals surface area contributed by atoms with Crippen molar-refractivity contribution in [2.75, 3.05) is 0 Å². The standard InChI is InChI=1S/C51H70N2O5S2Si/c1-13-21-35(3)50(7,8)42-27-19-25-38-31-36(38)23-15-18-30-46-53-41(34-60-46)48(55)57-43(51(9,10)44(22-14-2)58-61(11,12)49(4,5)6)28-20-26-39-32-37(39)24-16-17-29-45-52-40(33-59-45)47(54)56-42/h13-26,29-30,33-39,42-44H,27-28,31-32H2,1-12H3/b21-13+,22-14+,23-15+,24-16+,25-19-,26-20-,29-17-,30-18-/t35-,36+,37+,38-,39-,42-,43-,44-/m0/s1. The van der Waals surface area contributed by atoms with Crippen LogP contribution in [-0.4, -0.2) is 48.5 Å². The fourth-order valence-electron chi connectivity index (χ4n) is 7.22. The van der Waals surface area contributed by atoms with Crippen molar-refractivity contribution < 1.29 is 23.5 Å². The van der Waals surface area contributed by atoms with Gasteiger partial charge in [-0.05, 0) is 86.6 Å². The lowest BCUT2D eigenvalue weighted by Crippen LogP contribution is -2.51. The summed E-state index contributed by atoms with van der Waals surface area (Å²) in [6, 6.07) is 0. The van der Waals surface area contributed by atoms with Crippen molar-refractivity contribution in [3.05, 3.63) is 117 Å². The average molecular weight is 883 g/mol. The van der Waals surface area contributed by atoms with Crippen molar-refractivity contribution in [3.8, 4) is 0 Å². The number of allylic oxidation sites excluding steroid dienone is 11. The first-order chi connectivity index (χ1) is 28.8. The molecule has 3 heterocycles. The molecule has 1 aliphatic heterocycles. The molecule has 5 rings (SSSR count). The van der Waals surface area contributed by atoms with Gasteiger partial charge in [0.25, 0.3) is 0 Å². The predicted octanol–water partition coefficient (Wildman–Crippen LogP) is 13.9. The molecule has 2 saturated carbocycles. The van der Waals surface area contributed by atoms with Gasteiger partial charge in [-0.2, -0.15) is 0 Å². The maximum Gasteiger partial charge on any atom is 0.358 e. The average Bonchev–Trinajstić information content (AvgIpc) is 3.98. The zero-order valence-electron chi connectivity index (χ0n) is 38.6. The highest BCUT2D eigenvalue weighted by Gasteiger charge is 2.46. The van der Waals surface area contributed by atoms with E-state index in [1.807, 2.05) is 44.2 Å². The third-order valence-corrected chi connectivity index (χ3v) is 19.3. The summed E-state index contributed by atoms with van der Waals surface area (Å²) < 4.78 is 19.7. The van der Waals surface area contributed by atoms with E-state index in [1.165, 1.54) is 22.7 Å². The Labute approximate surface area is 375 Å². The molecule has 330 valence electrons. The molecule has 8 atom stereocenters. The summed E-state index contributed by atoms with van der Waals surface area (Å²) >= 11 is 2.87. The third kappa shape index (κ3) is 13.2. The molecule has 10 heteroatoms. The van der Waals surface area contributed by atoms with E-state index in [2.05, 4.69) is 145 Å². The van der Waals surface area contributed by atoms with Gasteiger partial charge in [-0.3, -0.25) is 0 Å². The van der Waals surface area contributed by atoms with E-state index in [-0.39, 0.29) is 34.5 Å². The van der Waals surface area contributed by atoms with Gasteiger partial charge in [-0.15, -0.1) is 22.7 Å². The van der Waals surface area contributed by atoms with E-state index in [4.69, 9.17) is 13.9 Å². The van der Waals surface area contributed by atoms with Crippen molar-refractivity contribution in [3.63, 3.8) is 0 Å². The number of fused-ring (bicyclic) bond motifs is 6. The number of cyclic esters (lactones) is 2. The van der Waals surface area contributed by atoms with Crippen LogP contribution in [0.5, 0.6) is 0 Å². The molecule has 0 amide bonds. The molecule has 0 saturated heterocycles. The van der Waals surface area contributed by atoms with E-state index in [0.717, 1.165) is 22.9 Å². The second-order valence-electron chi connectivity index (χ2n) is 19.7. The number of rotatable bonds is 8. The molecule has 0 spiro atoms. The van der Waals surface area contributed by atoms with Crippen LogP contribution in [0.4, 0.5) is 0 Å². The van der Waals surface area contributed by atoms with Crippen LogP contribution >= 0.6 is 22.7 Å². The summed E-state index contributed by atoms with van der Waals surface area (Å²) in [4.78, 5) is 36.6. The lowest BCUT2D eigenvalue weighted by atomic mass is 9.74. The molecular formula is C51H70N2O5S2Si. The van der Waals surface area contributed by atoms with Crippen LogP contribution in [-0.2, 0) is 13.9 Å². The molecule has 2 aromatic rings. The Morgan fingerprint density at radius 3 is 1.57 bits per heavy atom. The molecular weight excluding hydrogens is 813 g/mol. The Bertz CT molecular complexity index is 2050. The van der Waals surface area contributed by atoms with Crippen molar-refractivity contribution in [2.24, 2.45) is 40.4 Å². The van der Waals surface area contributed by atoms with Gasteiger partial charge in [-0.1, -0.05) is 140 Å². The lowest BCUT2D eigenvalue weighted by Gasteiger charge is -2.45. The van der Waals surface area contributed by atoms with Crippen LogP contribution in [0, 0.1) is 40.4 Å². The molecule has 0 radical (unpaired) electrons. The second kappa shape index (κ2) is 20.7. The van der Waals surface area contributed by atoms with Crippen LogP contribution < -0.4 is 0 Å². The number of aromatic nitrogens is 2. The van der Waals surface area contributed by atoms with Gasteiger partial charge in [0, 0.05) is 34.4 Å². The van der Waals surface area contributed by atoms with E-state index in [0.29, 0.717) is 47.9 Å². The molecule has 0 aromatic carbocycles. The van der Waals surface area contributed by atoms with Gasteiger partial charge >= 0.3 is 11.9 Å². The molecule has 2 aromatic heterocycles. The quantitative estimate of drug-likeness (QED) is 0.148. The maximum atomic E-state index is 13.8. The van der Waals surface area contributed by atoms with Crippen LogP contribution in [0.1, 0.15) is 126 Å². The molecule has 7 nitrogen and oxygen atoms in total. The van der Waals surface area contributed by atoms with Gasteiger partial charge in [0.05, 0.1) is 6.10 Å². The van der Waals surface area contributed by atoms with Crippen LogP contribution in [0.25, 0.3) is 12.2 Å². The minimum Gasteiger partial charge on any atom is -0.457 e. The number of hydrogen-bond acceptors (Lipinski definition) is 9. The summed E-state index contributed by atoms with van der Waals surface area (Å²) in [6.07, 6.45) is 36.0. The molecule has 2 aliphatic carbocycles. The van der Waals surface area contributed by atoms with Gasteiger partial charge in [0.15, 0.2) is 19.7 Å². The van der Waals surface area contributed by atoms with E-state index in [1.54, 1.807) is 10.8 Å². The van der Waals surface area contributed by atoms with Gasteiger partial charge in [-0.25, -0.2) is 19.6 Å². The number of esters is 2. The zero-order valence-corrected chi connectivity index (χ0v) is 41.2. The maximum absolute atomic E-state index is 13.8. The number of thiazole rings is 2. The van der Waals surface area contributed by atoms with Crippen LogP contribution in [0.2, 0.25) is 18.1 Å². The van der Waals surface area contributed by atoms with E-state index >= 15 is 0 Å². The van der Waals surface area contributed by atoms with Crippen molar-refractivity contribution in [2.45, 2.75) is 131 Å². The van der Waals surface area contributed by atoms with Gasteiger partial charge < -0.3 is 13.9 Å². The van der Waals surface area contributed by atoms with Crippen molar-refractivity contribution in [1.29, 1.82) is 0 Å². The fraction of sp³-hybridized carbons (Fsp3) is 0.529. The van der Waals surface area contributed by atoms with Gasteiger partial charge in [0.1, 0.15) is 22.2 Å². The summed E-state index contributed by atoms with van der Waals surface area (Å²) in [5, 5.41) is 5.11. The highest BCUT2D eigenvalue weighted by Crippen LogP contribution is 2.45. The molecule has 61 heavy (non-hydrogen) atoms. The smallest absolute Gasteiger partial charge is 0.358 e. The third-order valence-electron chi connectivity index (χ3n) is 13.3. The normalized spacial score (nSPS) is 29.0. The van der Waals surface area contributed by atoms with E-state index < -0.39 is 25.8 Å². The zero-order chi connectivity index (χ0) is 44.6. The highest BCUT2D eigenvalue weighted by molar-refractivity contribution is 7.11. The van der Waals surface area contributed by atoms with Crippen molar-refractivity contribution >= 4 is 55.1 Å². The number of nitrogens with zero attached hydrogens (tertiary/aromatic N) is 2. The van der Waals surface area contributed by atoms with E-state index in [9.17, 15) is 9.59 Å². The monoisotopic (exact) mass is 882 g/mol. The summed E-state index contributed by atoms with van der Waals surface area (Å²) in [7, 11) is -2.17. The molecule has 4 bridgehead atoms. The number of carbonyl (C=O) groups excluding carboxylic acids is 2. The predicted molar refractivity (Wildman–Crippen MR) is 258 cm³/mol. The number of carbonyl (C=O) groups is 2. The minimum atomic E-state index is -2.17.